The molecule has 2 N–H and O–H groups in total. The number of nitrogens with one attached hydrogen (secondary N) is 2. The molecule has 0 saturated carbocycles. The van der Waals surface area contributed by atoms with Crippen LogP contribution in [0.4, 0.5) is 4.79 Å². The zero-order chi connectivity index (χ0) is 33.8. The van der Waals surface area contributed by atoms with E-state index in [1.807, 2.05) is 74.5 Å². The fraction of sp³-hybridized carbons (Fsp3) is 0.571. The van der Waals surface area contributed by atoms with Crippen LogP contribution in [0.2, 0.25) is 0 Å². The van der Waals surface area contributed by atoms with E-state index in [1.54, 1.807) is 27.7 Å². The van der Waals surface area contributed by atoms with Crippen LogP contribution in [-0.2, 0) is 55.8 Å². The minimum absolute atomic E-state index is 0.0185. The number of rotatable bonds is 12. The van der Waals surface area contributed by atoms with E-state index in [2.05, 4.69) is 10.6 Å². The molecule has 256 valence electrons. The monoisotopic (exact) mass is 654 g/mol. The van der Waals surface area contributed by atoms with Gasteiger partial charge in [0.2, 0.25) is 5.91 Å². The van der Waals surface area contributed by atoms with Crippen molar-refractivity contribution in [3.05, 3.63) is 71.8 Å². The third kappa shape index (κ3) is 9.29. The predicted molar refractivity (Wildman–Crippen MR) is 169 cm³/mol. The van der Waals surface area contributed by atoms with Crippen LogP contribution in [0.5, 0.6) is 0 Å². The largest absolute Gasteiger partial charge is 0.455 e. The lowest BCUT2D eigenvalue weighted by Gasteiger charge is -2.30. The molecule has 0 spiro atoms. The molecule has 47 heavy (non-hydrogen) atoms. The van der Waals surface area contributed by atoms with Crippen LogP contribution in [0.1, 0.15) is 59.1 Å². The van der Waals surface area contributed by atoms with E-state index in [0.717, 1.165) is 11.1 Å². The van der Waals surface area contributed by atoms with Gasteiger partial charge in [-0.05, 0) is 51.2 Å². The standard InChI is InChI=1S/C35H46N2O10/c1-21(2)17-25(31(39)43-28-27(26-20-42-34(3,4)45-26)44-32-29(28)46-35(5,6)47-32)36-30(38)24(18-22-13-9-7-10-14-22)37-33(40)41-19-23-15-11-8-12-16-23/h7-16,21,24-29,32H,17-20H2,1-6H3,(H,36,38)(H,37,40)/t24-,25-,26-,27-,28+,29-,32-/m1/s1. The molecule has 12 heteroatoms. The summed E-state index contributed by atoms with van der Waals surface area (Å²) in [6.07, 6.45) is -3.95. The molecule has 12 nitrogen and oxygen atoms in total. The molecule has 2 aromatic carbocycles. The Kier molecular flexibility index (Phi) is 10.9. The smallest absolute Gasteiger partial charge is 0.408 e. The SMILES string of the molecule is CC(C)C[C@@H](NC(=O)[C@@H](Cc1ccccc1)NC(=O)OCc1ccccc1)C(=O)O[C@@H]1[C@H]2OC(C)(C)O[C@H]2O[C@@H]1[C@H]1COC(C)(C)O1. The highest BCUT2D eigenvalue weighted by atomic mass is 16.8. The van der Waals surface area contributed by atoms with Gasteiger partial charge in [-0.15, -0.1) is 0 Å². The Balaban J connectivity index is 1.30. The molecule has 3 heterocycles. The molecule has 3 aliphatic rings. The zero-order valence-corrected chi connectivity index (χ0v) is 27.8. The van der Waals surface area contributed by atoms with Gasteiger partial charge in [0, 0.05) is 6.42 Å². The Bertz CT molecular complexity index is 1370. The van der Waals surface area contributed by atoms with Gasteiger partial charge in [0.25, 0.3) is 0 Å². The summed E-state index contributed by atoms with van der Waals surface area (Å²) < 4.78 is 41.5. The van der Waals surface area contributed by atoms with Crippen LogP contribution in [0.25, 0.3) is 0 Å². The van der Waals surface area contributed by atoms with Crippen molar-refractivity contribution in [2.45, 2.75) is 115 Å². The Morgan fingerprint density at radius 3 is 2.11 bits per heavy atom. The fourth-order valence-electron chi connectivity index (χ4n) is 5.96. The second-order valence-electron chi connectivity index (χ2n) is 13.5. The van der Waals surface area contributed by atoms with Crippen LogP contribution < -0.4 is 10.6 Å². The van der Waals surface area contributed by atoms with Crippen molar-refractivity contribution in [2.75, 3.05) is 6.61 Å². The molecule has 0 bridgehead atoms. The van der Waals surface area contributed by atoms with Crippen molar-refractivity contribution < 1.29 is 47.5 Å². The normalized spacial score (nSPS) is 27.1. The maximum absolute atomic E-state index is 13.9. The third-order valence-electron chi connectivity index (χ3n) is 8.09. The second kappa shape index (κ2) is 14.7. The van der Waals surface area contributed by atoms with Gasteiger partial charge in [-0.2, -0.15) is 0 Å². The van der Waals surface area contributed by atoms with Gasteiger partial charge in [-0.3, -0.25) is 4.79 Å². The van der Waals surface area contributed by atoms with Gasteiger partial charge in [0.05, 0.1) is 6.61 Å². The van der Waals surface area contributed by atoms with Gasteiger partial charge in [-0.1, -0.05) is 74.5 Å². The average molecular weight is 655 g/mol. The van der Waals surface area contributed by atoms with Crippen molar-refractivity contribution in [3.63, 3.8) is 0 Å². The highest BCUT2D eigenvalue weighted by Gasteiger charge is 2.60. The number of hydrogen-bond donors (Lipinski definition) is 2. The summed E-state index contributed by atoms with van der Waals surface area (Å²) in [5, 5.41) is 5.53. The van der Waals surface area contributed by atoms with Gasteiger partial charge < -0.3 is 43.8 Å². The van der Waals surface area contributed by atoms with Crippen LogP contribution in [0.3, 0.4) is 0 Å². The summed E-state index contributed by atoms with van der Waals surface area (Å²) in [6.45, 7) is 11.3. The number of carbonyl (C=O) groups excluding carboxylic acids is 3. The van der Waals surface area contributed by atoms with E-state index in [4.69, 9.17) is 33.2 Å². The summed E-state index contributed by atoms with van der Waals surface area (Å²) in [5.74, 6) is -2.99. The Morgan fingerprint density at radius 1 is 0.830 bits per heavy atom. The molecule has 7 atom stereocenters. The number of benzene rings is 2. The topological polar surface area (TPSA) is 140 Å². The zero-order valence-electron chi connectivity index (χ0n) is 27.8. The Hall–Kier alpha value is -3.55. The first-order valence-electron chi connectivity index (χ1n) is 16.1. The van der Waals surface area contributed by atoms with Gasteiger partial charge in [0.1, 0.15) is 30.9 Å². The first-order valence-corrected chi connectivity index (χ1v) is 16.1. The number of ether oxygens (including phenoxy) is 7. The van der Waals surface area contributed by atoms with E-state index >= 15 is 0 Å². The van der Waals surface area contributed by atoms with E-state index < -0.39 is 72.3 Å². The van der Waals surface area contributed by atoms with E-state index in [0.29, 0.717) is 0 Å². The van der Waals surface area contributed by atoms with Crippen molar-refractivity contribution in [1.82, 2.24) is 10.6 Å². The molecule has 0 aliphatic carbocycles. The minimum atomic E-state index is -1.03. The molecule has 3 aliphatic heterocycles. The first-order chi connectivity index (χ1) is 22.3. The van der Waals surface area contributed by atoms with E-state index in [-0.39, 0.29) is 32.0 Å². The van der Waals surface area contributed by atoms with Gasteiger partial charge >= 0.3 is 12.1 Å². The molecule has 0 unspecified atom stereocenters. The predicted octanol–water partition coefficient (Wildman–Crippen LogP) is 3.99. The maximum Gasteiger partial charge on any atom is 0.408 e. The summed E-state index contributed by atoms with van der Waals surface area (Å²) in [7, 11) is 0. The number of fused-ring (bicyclic) bond motifs is 1. The average Bonchev–Trinajstić information content (AvgIpc) is 3.64. The van der Waals surface area contributed by atoms with Crippen molar-refractivity contribution in [2.24, 2.45) is 5.92 Å². The van der Waals surface area contributed by atoms with Crippen LogP contribution in [0.15, 0.2) is 60.7 Å². The summed E-state index contributed by atoms with van der Waals surface area (Å²) in [5.41, 5.74) is 1.62. The summed E-state index contributed by atoms with van der Waals surface area (Å²) in [6, 6.07) is 16.4. The van der Waals surface area contributed by atoms with Crippen LogP contribution in [0, 0.1) is 5.92 Å². The number of alkyl carbamates (subject to hydrolysis) is 1. The number of amides is 2. The minimum Gasteiger partial charge on any atom is -0.455 e. The molecular formula is C35H46N2O10. The molecule has 2 aromatic rings. The fourth-order valence-corrected chi connectivity index (χ4v) is 5.96. The summed E-state index contributed by atoms with van der Waals surface area (Å²) in [4.78, 5) is 40.6. The van der Waals surface area contributed by atoms with Gasteiger partial charge in [-0.25, -0.2) is 9.59 Å². The third-order valence-corrected chi connectivity index (χ3v) is 8.09. The number of carbonyl (C=O) groups is 3. The molecule has 2 amide bonds. The van der Waals surface area contributed by atoms with E-state index in [9.17, 15) is 14.4 Å². The lowest BCUT2D eigenvalue weighted by atomic mass is 10.0. The Labute approximate surface area is 275 Å². The Morgan fingerprint density at radius 2 is 1.49 bits per heavy atom. The van der Waals surface area contributed by atoms with Crippen molar-refractivity contribution >= 4 is 18.0 Å². The van der Waals surface area contributed by atoms with Gasteiger partial charge in [0.15, 0.2) is 30.1 Å². The number of hydrogen-bond acceptors (Lipinski definition) is 10. The molecule has 3 fully saturated rings. The lowest BCUT2D eigenvalue weighted by molar-refractivity contribution is -0.235. The molecular weight excluding hydrogens is 608 g/mol. The first kappa shape index (κ1) is 34.8. The maximum atomic E-state index is 13.9. The highest BCUT2D eigenvalue weighted by Crippen LogP contribution is 2.42. The second-order valence-corrected chi connectivity index (χ2v) is 13.5. The van der Waals surface area contributed by atoms with Crippen molar-refractivity contribution in [1.29, 1.82) is 0 Å². The van der Waals surface area contributed by atoms with Crippen molar-refractivity contribution in [3.8, 4) is 0 Å². The molecule has 5 rings (SSSR count). The lowest BCUT2D eigenvalue weighted by Crippen LogP contribution is -2.54. The molecule has 0 radical (unpaired) electrons. The van der Waals surface area contributed by atoms with Crippen LogP contribution in [-0.4, -0.2) is 78.9 Å². The number of esters is 1. The molecule has 0 aromatic heterocycles. The quantitative estimate of drug-likeness (QED) is 0.323. The van der Waals surface area contributed by atoms with E-state index in [1.165, 1.54) is 0 Å². The molecule has 3 saturated heterocycles. The highest BCUT2D eigenvalue weighted by molar-refractivity contribution is 5.90. The van der Waals surface area contributed by atoms with Crippen LogP contribution >= 0.6 is 0 Å². The summed E-state index contributed by atoms with van der Waals surface area (Å²) >= 11 is 0.